The number of carbonyl (C=O) groups is 2. The van der Waals surface area contributed by atoms with Crippen molar-refractivity contribution in [3.8, 4) is 5.75 Å². The molecule has 196 valence electrons. The number of nitrogens with one attached hydrogen (secondary N) is 1. The molecule has 1 heterocycles. The number of hydrogen-bond acceptors (Lipinski definition) is 7. The standard InChI is InChI=1S/C25H19Cl2N3O7S/c1-14-19(13-24(31)28-38(35,36)18-8-9-21(27)23(12-18)30(33)34)20-11-17(37-2)7-10-22(20)29(14)25(32)15-3-5-16(26)6-4-15/h3-12H,13H2,1-2H3,(H,28,31). The highest BCUT2D eigenvalue weighted by atomic mass is 35.5. The third-order valence-corrected chi connectivity index (χ3v) is 7.79. The van der Waals surface area contributed by atoms with Crippen LogP contribution in [0.4, 0.5) is 5.69 Å². The van der Waals surface area contributed by atoms with Crippen LogP contribution in [0.25, 0.3) is 10.9 Å². The maximum absolute atomic E-state index is 13.4. The number of benzene rings is 3. The lowest BCUT2D eigenvalue weighted by molar-refractivity contribution is -0.384. The van der Waals surface area contributed by atoms with Crippen LogP contribution in [0, 0.1) is 17.0 Å². The number of nitrogens with zero attached hydrogens (tertiary/aromatic N) is 2. The van der Waals surface area contributed by atoms with Crippen LogP contribution in [0.2, 0.25) is 10.0 Å². The number of rotatable bonds is 7. The summed E-state index contributed by atoms with van der Waals surface area (Å²) in [5.74, 6) is -0.815. The van der Waals surface area contributed by atoms with E-state index in [9.17, 15) is 28.1 Å². The summed E-state index contributed by atoms with van der Waals surface area (Å²) >= 11 is 11.7. The molecule has 10 nitrogen and oxygen atoms in total. The van der Waals surface area contributed by atoms with E-state index in [4.69, 9.17) is 27.9 Å². The highest BCUT2D eigenvalue weighted by Gasteiger charge is 2.26. The first-order chi connectivity index (χ1) is 17.9. The van der Waals surface area contributed by atoms with Crippen molar-refractivity contribution >= 4 is 61.6 Å². The molecule has 1 N–H and O–H groups in total. The molecule has 0 spiro atoms. The van der Waals surface area contributed by atoms with Gasteiger partial charge in [-0.2, -0.15) is 0 Å². The molecule has 4 rings (SSSR count). The zero-order valence-corrected chi connectivity index (χ0v) is 22.2. The summed E-state index contributed by atoms with van der Waals surface area (Å²) in [6.45, 7) is 1.64. The highest BCUT2D eigenvalue weighted by molar-refractivity contribution is 7.90. The van der Waals surface area contributed by atoms with Crippen LogP contribution < -0.4 is 9.46 Å². The fourth-order valence-corrected chi connectivity index (χ4v) is 5.32. The lowest BCUT2D eigenvalue weighted by atomic mass is 10.1. The van der Waals surface area contributed by atoms with Crippen molar-refractivity contribution < 1.29 is 27.7 Å². The largest absolute Gasteiger partial charge is 0.497 e. The number of fused-ring (bicyclic) bond motifs is 1. The summed E-state index contributed by atoms with van der Waals surface area (Å²) in [5, 5.41) is 11.9. The van der Waals surface area contributed by atoms with Gasteiger partial charge in [0.15, 0.2) is 0 Å². The van der Waals surface area contributed by atoms with Crippen molar-refractivity contribution in [3.05, 3.63) is 97.6 Å². The van der Waals surface area contributed by atoms with E-state index in [-0.39, 0.29) is 10.9 Å². The SMILES string of the molecule is COc1ccc2c(c1)c(CC(=O)NS(=O)(=O)c1ccc(Cl)c([N+](=O)[O-])c1)c(C)n2C(=O)c1ccc(Cl)cc1. The first-order valence-electron chi connectivity index (χ1n) is 10.9. The second-order valence-corrected chi connectivity index (χ2v) is 10.7. The van der Waals surface area contributed by atoms with E-state index in [0.717, 1.165) is 18.2 Å². The first-order valence-corrected chi connectivity index (χ1v) is 13.1. The molecule has 0 saturated carbocycles. The Balaban J connectivity index is 1.72. The van der Waals surface area contributed by atoms with E-state index in [1.165, 1.54) is 11.7 Å². The molecule has 0 saturated heterocycles. The van der Waals surface area contributed by atoms with Gasteiger partial charge in [-0.1, -0.05) is 23.2 Å². The van der Waals surface area contributed by atoms with Gasteiger partial charge >= 0.3 is 0 Å². The maximum atomic E-state index is 13.4. The third-order valence-electron chi connectivity index (χ3n) is 5.85. The Morgan fingerprint density at radius 3 is 2.37 bits per heavy atom. The molecule has 38 heavy (non-hydrogen) atoms. The number of methoxy groups -OCH3 is 1. The second-order valence-electron chi connectivity index (χ2n) is 8.17. The number of nitro groups is 1. The molecule has 0 bridgehead atoms. The molecule has 4 aromatic rings. The van der Waals surface area contributed by atoms with Crippen molar-refractivity contribution in [1.29, 1.82) is 0 Å². The molecule has 0 unspecified atom stereocenters. The van der Waals surface area contributed by atoms with Crippen LogP contribution in [0.5, 0.6) is 5.75 Å². The predicted octanol–water partition coefficient (Wildman–Crippen LogP) is 4.91. The summed E-state index contributed by atoms with van der Waals surface area (Å²) in [6, 6.07) is 14.2. The highest BCUT2D eigenvalue weighted by Crippen LogP contribution is 2.31. The first kappa shape index (κ1) is 27.1. The van der Waals surface area contributed by atoms with Crippen LogP contribution >= 0.6 is 23.2 Å². The number of sulfonamides is 1. The van der Waals surface area contributed by atoms with Crippen LogP contribution in [0.1, 0.15) is 21.6 Å². The molecule has 1 amide bonds. The van der Waals surface area contributed by atoms with Gasteiger partial charge in [0.1, 0.15) is 10.8 Å². The number of nitro benzene ring substituents is 1. The molecule has 13 heteroatoms. The van der Waals surface area contributed by atoms with Crippen LogP contribution in [-0.2, 0) is 21.2 Å². The van der Waals surface area contributed by atoms with Crippen molar-refractivity contribution in [2.45, 2.75) is 18.2 Å². The smallest absolute Gasteiger partial charge is 0.289 e. The molecule has 3 aromatic carbocycles. The molecule has 0 aliphatic heterocycles. The number of aromatic nitrogens is 1. The minimum absolute atomic E-state index is 0.247. The van der Waals surface area contributed by atoms with Gasteiger partial charge in [-0.05, 0) is 67.1 Å². The average Bonchev–Trinajstić information content (AvgIpc) is 3.13. The Morgan fingerprint density at radius 2 is 1.74 bits per heavy atom. The lowest BCUT2D eigenvalue weighted by Crippen LogP contribution is -2.32. The van der Waals surface area contributed by atoms with E-state index < -0.39 is 37.9 Å². The minimum atomic E-state index is -4.46. The van der Waals surface area contributed by atoms with E-state index in [1.54, 1.807) is 49.4 Å². The molecule has 0 fully saturated rings. The van der Waals surface area contributed by atoms with Crippen molar-refractivity contribution in [1.82, 2.24) is 9.29 Å². The number of carbonyl (C=O) groups excluding carboxylic acids is 2. The van der Waals surface area contributed by atoms with E-state index in [1.807, 2.05) is 4.72 Å². The maximum Gasteiger partial charge on any atom is 0.289 e. The quantitative estimate of drug-likeness (QED) is 0.244. The number of hydrogen-bond donors (Lipinski definition) is 1. The molecule has 0 aliphatic carbocycles. The van der Waals surface area contributed by atoms with Crippen molar-refractivity contribution in [2.24, 2.45) is 0 Å². The molecule has 0 aliphatic rings. The minimum Gasteiger partial charge on any atom is -0.497 e. The van der Waals surface area contributed by atoms with Gasteiger partial charge in [-0.3, -0.25) is 24.3 Å². The monoisotopic (exact) mass is 575 g/mol. The van der Waals surface area contributed by atoms with Crippen LogP contribution in [-0.4, -0.2) is 36.8 Å². The number of ether oxygens (including phenoxy) is 1. The Morgan fingerprint density at radius 1 is 1.05 bits per heavy atom. The Hall–Kier alpha value is -3.93. The zero-order valence-electron chi connectivity index (χ0n) is 19.9. The molecule has 1 aromatic heterocycles. The topological polar surface area (TPSA) is 138 Å². The second kappa shape index (κ2) is 10.4. The summed E-state index contributed by atoms with van der Waals surface area (Å²) in [5.41, 5.74) is 1.04. The Kier molecular flexibility index (Phi) is 7.45. The van der Waals surface area contributed by atoms with Crippen LogP contribution in [0.3, 0.4) is 0 Å². The fourth-order valence-electron chi connectivity index (χ4n) is 4.00. The molecule has 0 radical (unpaired) electrons. The number of amides is 1. The Labute approximate surface area is 226 Å². The molecule has 0 atom stereocenters. The fraction of sp³-hybridized carbons (Fsp3) is 0.120. The van der Waals surface area contributed by atoms with Gasteiger partial charge in [-0.25, -0.2) is 13.1 Å². The van der Waals surface area contributed by atoms with E-state index in [2.05, 4.69) is 0 Å². The average molecular weight is 576 g/mol. The van der Waals surface area contributed by atoms with Crippen molar-refractivity contribution in [2.75, 3.05) is 7.11 Å². The van der Waals surface area contributed by atoms with Gasteiger partial charge < -0.3 is 4.74 Å². The summed E-state index contributed by atoms with van der Waals surface area (Å²) in [7, 11) is -3.00. The van der Waals surface area contributed by atoms with Gasteiger partial charge in [0.25, 0.3) is 21.6 Å². The summed E-state index contributed by atoms with van der Waals surface area (Å²) < 4.78 is 34.3. The van der Waals surface area contributed by atoms with Gasteiger partial charge in [0.05, 0.1) is 28.9 Å². The van der Waals surface area contributed by atoms with Gasteiger partial charge in [0.2, 0.25) is 5.91 Å². The van der Waals surface area contributed by atoms with Gasteiger partial charge in [0, 0.05) is 27.7 Å². The number of halogens is 2. The van der Waals surface area contributed by atoms with Gasteiger partial charge in [-0.15, -0.1) is 0 Å². The Bertz CT molecular complexity index is 1720. The lowest BCUT2D eigenvalue weighted by Gasteiger charge is -2.09. The van der Waals surface area contributed by atoms with E-state index >= 15 is 0 Å². The predicted molar refractivity (Wildman–Crippen MR) is 142 cm³/mol. The molecular formula is C25H19Cl2N3O7S. The molecular weight excluding hydrogens is 557 g/mol. The summed E-state index contributed by atoms with van der Waals surface area (Å²) in [6.07, 6.45) is -0.411. The van der Waals surface area contributed by atoms with Crippen molar-refractivity contribution in [3.63, 3.8) is 0 Å². The zero-order chi connectivity index (χ0) is 27.8. The normalized spacial score (nSPS) is 11.4. The summed E-state index contributed by atoms with van der Waals surface area (Å²) in [4.78, 5) is 36.2. The van der Waals surface area contributed by atoms with Crippen LogP contribution in [0.15, 0.2) is 65.6 Å². The van der Waals surface area contributed by atoms with E-state index in [0.29, 0.717) is 38.5 Å². The third kappa shape index (κ3) is 5.21.